The van der Waals surface area contributed by atoms with Crippen molar-refractivity contribution in [3.05, 3.63) is 89.1 Å². The Morgan fingerprint density at radius 2 is 1.56 bits per heavy atom. The Morgan fingerprint density at radius 3 is 2.21 bits per heavy atom. The van der Waals surface area contributed by atoms with Crippen LogP contribution in [0.5, 0.6) is 17.2 Å². The van der Waals surface area contributed by atoms with Gasteiger partial charge in [0.15, 0.2) is 11.5 Å². The van der Waals surface area contributed by atoms with Gasteiger partial charge in [-0.05, 0) is 68.8 Å². The summed E-state index contributed by atoms with van der Waals surface area (Å²) in [6.45, 7) is 6.93. The molecule has 6 nitrogen and oxygen atoms in total. The van der Waals surface area contributed by atoms with Crippen LogP contribution in [0.3, 0.4) is 0 Å². The van der Waals surface area contributed by atoms with Gasteiger partial charge < -0.3 is 14.2 Å². The molecular formula is C28H28N2O4. The molecular weight excluding hydrogens is 428 g/mol. The van der Waals surface area contributed by atoms with Crippen molar-refractivity contribution in [1.29, 1.82) is 0 Å². The highest BCUT2D eigenvalue weighted by Gasteiger charge is 2.32. The number of hydrogen-bond donors (Lipinski definition) is 0. The van der Waals surface area contributed by atoms with E-state index in [4.69, 9.17) is 19.2 Å². The van der Waals surface area contributed by atoms with Gasteiger partial charge in [-0.1, -0.05) is 35.9 Å². The predicted octanol–water partition coefficient (Wildman–Crippen LogP) is 5.64. The van der Waals surface area contributed by atoms with E-state index in [1.807, 2.05) is 87.5 Å². The summed E-state index contributed by atoms with van der Waals surface area (Å²) in [5.74, 6) is 2.41. The topological polar surface area (TPSA) is 60.4 Å². The Morgan fingerprint density at radius 1 is 0.882 bits per heavy atom. The monoisotopic (exact) mass is 456 g/mol. The SMILES string of the molecule is CCOc1ccc(/C=C2/N=C(c3ccc(C)cc3)N(c3ccc(OC)cc3)C2=O)cc1OCC. The zero-order valence-electron chi connectivity index (χ0n) is 19.9. The lowest BCUT2D eigenvalue weighted by Crippen LogP contribution is -2.32. The van der Waals surface area contributed by atoms with Gasteiger partial charge in [0.2, 0.25) is 0 Å². The molecule has 0 unspecified atom stereocenters. The summed E-state index contributed by atoms with van der Waals surface area (Å²) in [6.07, 6.45) is 1.78. The van der Waals surface area contributed by atoms with E-state index in [0.29, 0.717) is 36.2 Å². The Hall–Kier alpha value is -4.06. The summed E-state index contributed by atoms with van der Waals surface area (Å²) in [4.78, 5) is 19.9. The van der Waals surface area contributed by atoms with E-state index in [1.165, 1.54) is 0 Å². The van der Waals surface area contributed by atoms with Gasteiger partial charge in [0.1, 0.15) is 17.3 Å². The summed E-state index contributed by atoms with van der Waals surface area (Å²) >= 11 is 0. The molecule has 6 heteroatoms. The zero-order valence-corrected chi connectivity index (χ0v) is 19.9. The highest BCUT2D eigenvalue weighted by Crippen LogP contribution is 2.32. The number of carbonyl (C=O) groups is 1. The second kappa shape index (κ2) is 10.3. The second-order valence-electron chi connectivity index (χ2n) is 7.74. The van der Waals surface area contributed by atoms with E-state index in [9.17, 15) is 4.79 Å². The molecule has 0 radical (unpaired) electrons. The fourth-order valence-corrected chi connectivity index (χ4v) is 3.70. The minimum absolute atomic E-state index is 0.201. The van der Waals surface area contributed by atoms with Crippen LogP contribution in [0.1, 0.15) is 30.5 Å². The van der Waals surface area contributed by atoms with Crippen molar-refractivity contribution in [1.82, 2.24) is 0 Å². The quantitative estimate of drug-likeness (QED) is 0.412. The molecule has 1 aliphatic rings. The van der Waals surface area contributed by atoms with Crippen molar-refractivity contribution in [2.24, 2.45) is 4.99 Å². The van der Waals surface area contributed by atoms with Gasteiger partial charge in [-0.15, -0.1) is 0 Å². The molecule has 0 aliphatic carbocycles. The minimum atomic E-state index is -0.201. The van der Waals surface area contributed by atoms with E-state index in [2.05, 4.69) is 0 Å². The first kappa shape index (κ1) is 23.1. The van der Waals surface area contributed by atoms with Gasteiger partial charge in [0, 0.05) is 5.56 Å². The summed E-state index contributed by atoms with van der Waals surface area (Å²) in [7, 11) is 1.61. The first-order valence-corrected chi connectivity index (χ1v) is 11.3. The average Bonchev–Trinajstić information content (AvgIpc) is 3.17. The van der Waals surface area contributed by atoms with Crippen LogP contribution in [0.4, 0.5) is 5.69 Å². The molecule has 174 valence electrons. The number of anilines is 1. The highest BCUT2D eigenvalue weighted by atomic mass is 16.5. The van der Waals surface area contributed by atoms with Crippen LogP contribution in [-0.2, 0) is 4.79 Å². The number of aryl methyl sites for hydroxylation is 1. The lowest BCUT2D eigenvalue weighted by atomic mass is 10.1. The number of amides is 1. The molecule has 0 atom stereocenters. The van der Waals surface area contributed by atoms with Crippen molar-refractivity contribution < 1.29 is 19.0 Å². The van der Waals surface area contributed by atoms with Crippen LogP contribution in [0.25, 0.3) is 6.08 Å². The van der Waals surface area contributed by atoms with Crippen molar-refractivity contribution in [2.45, 2.75) is 20.8 Å². The number of benzene rings is 3. The number of ether oxygens (including phenoxy) is 3. The van der Waals surface area contributed by atoms with E-state index in [1.54, 1.807) is 18.1 Å². The first-order chi connectivity index (χ1) is 16.5. The molecule has 4 rings (SSSR count). The molecule has 0 bridgehead atoms. The summed E-state index contributed by atoms with van der Waals surface area (Å²) < 4.78 is 16.7. The fraction of sp³-hybridized carbons (Fsp3) is 0.214. The normalized spacial score (nSPS) is 14.4. The summed E-state index contributed by atoms with van der Waals surface area (Å²) in [5.41, 5.74) is 3.87. The molecule has 1 amide bonds. The van der Waals surface area contributed by atoms with E-state index in [-0.39, 0.29) is 5.91 Å². The van der Waals surface area contributed by atoms with Gasteiger partial charge in [-0.3, -0.25) is 9.69 Å². The van der Waals surface area contributed by atoms with Gasteiger partial charge >= 0.3 is 0 Å². The third-order valence-corrected chi connectivity index (χ3v) is 5.37. The van der Waals surface area contributed by atoms with Gasteiger partial charge in [0.25, 0.3) is 5.91 Å². The van der Waals surface area contributed by atoms with Crippen molar-refractivity contribution in [3.8, 4) is 17.2 Å². The number of nitrogens with zero attached hydrogens (tertiary/aromatic N) is 2. The van der Waals surface area contributed by atoms with Gasteiger partial charge in [-0.25, -0.2) is 4.99 Å². The third kappa shape index (κ3) is 4.81. The molecule has 0 fully saturated rings. The molecule has 3 aromatic rings. The molecule has 3 aromatic carbocycles. The van der Waals surface area contributed by atoms with E-state index >= 15 is 0 Å². The number of carbonyl (C=O) groups excluding carboxylic acids is 1. The molecule has 0 spiro atoms. The van der Waals surface area contributed by atoms with Crippen molar-refractivity contribution in [2.75, 3.05) is 25.2 Å². The standard InChI is InChI=1S/C28H28N2O4/c1-5-33-25-16-9-20(18-26(25)34-6-2)17-24-28(31)30(22-12-14-23(32-4)15-13-22)27(29-24)21-10-7-19(3)8-11-21/h7-18H,5-6H2,1-4H3/b24-17+. The van der Waals surface area contributed by atoms with Crippen molar-refractivity contribution in [3.63, 3.8) is 0 Å². The van der Waals surface area contributed by atoms with Crippen LogP contribution in [-0.4, -0.2) is 32.1 Å². The number of amidine groups is 1. The van der Waals surface area contributed by atoms with Crippen LogP contribution >= 0.6 is 0 Å². The predicted molar refractivity (Wildman–Crippen MR) is 135 cm³/mol. The molecule has 0 N–H and O–H groups in total. The van der Waals surface area contributed by atoms with Gasteiger partial charge in [-0.2, -0.15) is 0 Å². The summed E-state index contributed by atoms with van der Waals surface area (Å²) in [6, 6.07) is 21.0. The molecule has 1 aliphatic heterocycles. The van der Waals surface area contributed by atoms with E-state index < -0.39 is 0 Å². The van der Waals surface area contributed by atoms with Crippen LogP contribution in [0.15, 0.2) is 77.4 Å². The maximum atomic E-state index is 13.6. The Labute approximate surface area is 200 Å². The van der Waals surface area contributed by atoms with Crippen LogP contribution < -0.4 is 19.1 Å². The lowest BCUT2D eigenvalue weighted by Gasteiger charge is -2.19. The maximum Gasteiger partial charge on any atom is 0.282 e. The van der Waals surface area contributed by atoms with Crippen LogP contribution in [0.2, 0.25) is 0 Å². The third-order valence-electron chi connectivity index (χ3n) is 5.37. The Bertz CT molecular complexity index is 1230. The number of aliphatic imine (C=N–C) groups is 1. The van der Waals surface area contributed by atoms with Crippen LogP contribution in [0, 0.1) is 6.92 Å². The smallest absolute Gasteiger partial charge is 0.282 e. The molecule has 0 saturated carbocycles. The average molecular weight is 457 g/mol. The van der Waals surface area contributed by atoms with E-state index in [0.717, 1.165) is 28.1 Å². The van der Waals surface area contributed by atoms with Gasteiger partial charge in [0.05, 0.1) is 26.0 Å². The lowest BCUT2D eigenvalue weighted by molar-refractivity contribution is -0.113. The number of methoxy groups -OCH3 is 1. The molecule has 34 heavy (non-hydrogen) atoms. The number of hydrogen-bond acceptors (Lipinski definition) is 5. The molecule has 0 aromatic heterocycles. The maximum absolute atomic E-state index is 13.6. The number of rotatable bonds is 8. The zero-order chi connectivity index (χ0) is 24.1. The second-order valence-corrected chi connectivity index (χ2v) is 7.74. The fourth-order valence-electron chi connectivity index (χ4n) is 3.70. The minimum Gasteiger partial charge on any atom is -0.497 e. The summed E-state index contributed by atoms with van der Waals surface area (Å²) in [5, 5.41) is 0. The molecule has 1 heterocycles. The Kier molecular flexibility index (Phi) is 6.97. The first-order valence-electron chi connectivity index (χ1n) is 11.3. The highest BCUT2D eigenvalue weighted by molar-refractivity contribution is 6.33. The van der Waals surface area contributed by atoms with Crippen molar-refractivity contribution >= 4 is 23.5 Å². The Balaban J connectivity index is 1.77. The largest absolute Gasteiger partial charge is 0.497 e. The molecule has 0 saturated heterocycles.